The zero-order chi connectivity index (χ0) is 22.1. The summed E-state index contributed by atoms with van der Waals surface area (Å²) in [5.41, 5.74) is 4.87. The lowest BCUT2D eigenvalue weighted by Gasteiger charge is -2.39. The van der Waals surface area contributed by atoms with Crippen molar-refractivity contribution in [2.24, 2.45) is 5.41 Å². The van der Waals surface area contributed by atoms with Crippen LogP contribution in [0.25, 0.3) is 22.3 Å². The normalized spacial score (nSPS) is 17.7. The number of anilines is 1. The molecule has 0 bridgehead atoms. The van der Waals surface area contributed by atoms with E-state index >= 15 is 0 Å². The summed E-state index contributed by atoms with van der Waals surface area (Å²) < 4.78 is 1.73. The van der Waals surface area contributed by atoms with Gasteiger partial charge in [0.25, 0.3) is 0 Å². The number of pyridine rings is 1. The number of hydrogen-bond acceptors (Lipinski definition) is 5. The van der Waals surface area contributed by atoms with Crippen LogP contribution in [0.5, 0.6) is 0 Å². The van der Waals surface area contributed by atoms with Crippen LogP contribution in [-0.4, -0.2) is 52.0 Å². The summed E-state index contributed by atoms with van der Waals surface area (Å²) in [4.78, 5) is 19.0. The summed E-state index contributed by atoms with van der Waals surface area (Å²) in [6, 6.07) is 8.28. The first-order chi connectivity index (χ1) is 15.6. The largest absolute Gasteiger partial charge is 0.394 e. The third-order valence-corrected chi connectivity index (χ3v) is 7.05. The first kappa shape index (κ1) is 21.0. The molecule has 166 valence electrons. The Morgan fingerprint density at radius 3 is 2.47 bits per heavy atom. The monoisotopic (exact) mass is 451 g/mol. The van der Waals surface area contributed by atoms with E-state index in [2.05, 4.69) is 44.6 Å². The third kappa shape index (κ3) is 3.76. The molecule has 2 N–H and O–H groups in total. The van der Waals surface area contributed by atoms with Crippen LogP contribution in [-0.2, 0) is 11.3 Å². The second-order valence-corrected chi connectivity index (χ2v) is 8.99. The van der Waals surface area contributed by atoms with Gasteiger partial charge < -0.3 is 15.3 Å². The summed E-state index contributed by atoms with van der Waals surface area (Å²) in [6.45, 7) is 2.92. The van der Waals surface area contributed by atoms with Crippen LogP contribution in [0.2, 0.25) is 5.02 Å². The van der Waals surface area contributed by atoms with Gasteiger partial charge in [-0.2, -0.15) is 5.10 Å². The Bertz CT molecular complexity index is 1120. The number of halogens is 1. The molecule has 2 saturated heterocycles. The van der Waals surface area contributed by atoms with Crippen LogP contribution in [0.15, 0.2) is 49.1 Å². The first-order valence-corrected chi connectivity index (χ1v) is 11.4. The molecule has 3 aromatic rings. The number of rotatable bonds is 5. The molecule has 0 saturated carbocycles. The summed E-state index contributed by atoms with van der Waals surface area (Å²) >= 11 is 6.64. The maximum absolute atomic E-state index is 12.4. The molecular weight excluding hydrogens is 426 g/mol. The SMILES string of the molecule is O=C1NCCC12CCN(c1c(Cl)cncc1-c1ccc(-c3cnn(CCO)c3)cc1)CC2. The fourth-order valence-electron chi connectivity index (χ4n) is 4.89. The highest BCUT2D eigenvalue weighted by Crippen LogP contribution is 2.43. The molecule has 2 aromatic heterocycles. The molecule has 1 amide bonds. The quantitative estimate of drug-likeness (QED) is 0.621. The molecule has 0 aliphatic carbocycles. The van der Waals surface area contributed by atoms with Gasteiger partial charge in [0.1, 0.15) is 0 Å². The maximum atomic E-state index is 12.4. The van der Waals surface area contributed by atoms with Crippen molar-refractivity contribution in [3.63, 3.8) is 0 Å². The molecule has 0 unspecified atom stereocenters. The summed E-state index contributed by atoms with van der Waals surface area (Å²) in [5, 5.41) is 17.0. The molecule has 1 aromatic carbocycles. The number of aliphatic hydroxyl groups is 1. The van der Waals surface area contributed by atoms with Crippen molar-refractivity contribution in [1.29, 1.82) is 0 Å². The molecule has 4 heterocycles. The van der Waals surface area contributed by atoms with Crippen molar-refractivity contribution in [2.75, 3.05) is 31.1 Å². The van der Waals surface area contributed by atoms with Crippen LogP contribution in [0.3, 0.4) is 0 Å². The van der Waals surface area contributed by atoms with Crippen molar-refractivity contribution in [3.8, 4) is 22.3 Å². The fraction of sp³-hybridized carbons (Fsp3) is 0.375. The molecule has 0 atom stereocenters. The molecule has 2 aliphatic heterocycles. The van der Waals surface area contributed by atoms with E-state index in [9.17, 15) is 4.79 Å². The van der Waals surface area contributed by atoms with E-state index in [1.807, 2.05) is 12.4 Å². The van der Waals surface area contributed by atoms with E-state index in [0.29, 0.717) is 11.6 Å². The van der Waals surface area contributed by atoms with Crippen molar-refractivity contribution in [1.82, 2.24) is 20.1 Å². The lowest BCUT2D eigenvalue weighted by Crippen LogP contribution is -2.44. The summed E-state index contributed by atoms with van der Waals surface area (Å²) in [5.74, 6) is 0.205. The molecule has 8 heteroatoms. The van der Waals surface area contributed by atoms with Gasteiger partial charge in [-0.25, -0.2) is 0 Å². The number of carbonyl (C=O) groups is 1. The van der Waals surface area contributed by atoms with Gasteiger partial charge in [0.05, 0.1) is 35.5 Å². The average Bonchev–Trinajstić information content (AvgIpc) is 3.42. The van der Waals surface area contributed by atoms with Crippen LogP contribution in [0.4, 0.5) is 5.69 Å². The van der Waals surface area contributed by atoms with E-state index in [1.165, 1.54) is 0 Å². The van der Waals surface area contributed by atoms with Crippen molar-refractivity contribution in [3.05, 3.63) is 54.1 Å². The van der Waals surface area contributed by atoms with Crippen molar-refractivity contribution >= 4 is 23.2 Å². The Kier molecular flexibility index (Phi) is 5.61. The number of amides is 1. The van der Waals surface area contributed by atoms with Gasteiger partial charge in [-0.15, -0.1) is 0 Å². The lowest BCUT2D eigenvalue weighted by molar-refractivity contribution is -0.128. The number of nitrogens with zero attached hydrogens (tertiary/aromatic N) is 4. The van der Waals surface area contributed by atoms with E-state index in [4.69, 9.17) is 16.7 Å². The number of carbonyl (C=O) groups excluding carboxylic acids is 1. The molecule has 5 rings (SSSR count). The predicted molar refractivity (Wildman–Crippen MR) is 124 cm³/mol. The highest BCUT2D eigenvalue weighted by atomic mass is 35.5. The van der Waals surface area contributed by atoms with E-state index in [-0.39, 0.29) is 17.9 Å². The van der Waals surface area contributed by atoms with Gasteiger partial charge in [-0.1, -0.05) is 35.9 Å². The Morgan fingerprint density at radius 2 is 1.78 bits per heavy atom. The Labute approximate surface area is 192 Å². The van der Waals surface area contributed by atoms with Crippen molar-refractivity contribution in [2.45, 2.75) is 25.8 Å². The van der Waals surface area contributed by atoms with Gasteiger partial charge in [0.15, 0.2) is 0 Å². The molecule has 32 heavy (non-hydrogen) atoms. The second kappa shape index (κ2) is 8.56. The Balaban J connectivity index is 1.40. The van der Waals surface area contributed by atoms with Gasteiger partial charge >= 0.3 is 0 Å². The Hall–Kier alpha value is -2.90. The zero-order valence-electron chi connectivity index (χ0n) is 17.8. The second-order valence-electron chi connectivity index (χ2n) is 8.58. The van der Waals surface area contributed by atoms with Gasteiger partial charge in [0.2, 0.25) is 5.91 Å². The molecule has 1 spiro atoms. The van der Waals surface area contributed by atoms with Gasteiger partial charge in [-0.3, -0.25) is 14.5 Å². The predicted octanol–water partition coefficient (Wildman–Crippen LogP) is 3.36. The summed E-state index contributed by atoms with van der Waals surface area (Å²) in [6.07, 6.45) is 9.90. The van der Waals surface area contributed by atoms with Crippen LogP contribution < -0.4 is 10.2 Å². The van der Waals surface area contributed by atoms with Crippen LogP contribution >= 0.6 is 11.6 Å². The number of nitrogens with one attached hydrogen (secondary N) is 1. The highest BCUT2D eigenvalue weighted by molar-refractivity contribution is 6.33. The van der Waals surface area contributed by atoms with Crippen LogP contribution in [0.1, 0.15) is 19.3 Å². The molecule has 0 radical (unpaired) electrons. The minimum atomic E-state index is -0.210. The number of aliphatic hydroxyl groups excluding tert-OH is 1. The summed E-state index contributed by atoms with van der Waals surface area (Å²) in [7, 11) is 0. The third-order valence-electron chi connectivity index (χ3n) is 6.77. The van der Waals surface area contributed by atoms with Crippen molar-refractivity contribution < 1.29 is 9.90 Å². The van der Waals surface area contributed by atoms with Crippen LogP contribution in [0, 0.1) is 5.41 Å². The highest BCUT2D eigenvalue weighted by Gasteiger charge is 2.44. The lowest BCUT2D eigenvalue weighted by atomic mass is 9.77. The smallest absolute Gasteiger partial charge is 0.226 e. The standard InChI is InChI=1S/C24H26ClN5O2/c25-21-15-26-14-20(22(21)29-9-6-24(7-10-29)5-8-27-23(24)32)18-3-1-17(2-4-18)19-13-28-30(16-19)11-12-31/h1-4,13-16,31H,5-12H2,(H,27,32). The molecular formula is C24H26ClN5O2. The maximum Gasteiger partial charge on any atom is 0.226 e. The van der Waals surface area contributed by atoms with E-state index in [1.54, 1.807) is 17.1 Å². The fourth-order valence-corrected chi connectivity index (χ4v) is 5.17. The minimum absolute atomic E-state index is 0.0624. The molecule has 7 nitrogen and oxygen atoms in total. The molecule has 2 fully saturated rings. The number of hydrogen-bond donors (Lipinski definition) is 2. The molecule has 2 aliphatic rings. The Morgan fingerprint density at radius 1 is 1.03 bits per heavy atom. The average molecular weight is 452 g/mol. The topological polar surface area (TPSA) is 83.3 Å². The van der Waals surface area contributed by atoms with Gasteiger partial charge in [-0.05, 0) is 30.4 Å². The number of benzene rings is 1. The first-order valence-electron chi connectivity index (χ1n) is 11.0. The van der Waals surface area contributed by atoms with E-state index in [0.717, 1.165) is 66.8 Å². The zero-order valence-corrected chi connectivity index (χ0v) is 18.6. The van der Waals surface area contributed by atoms with Gasteiger partial charge in [0, 0.05) is 49.4 Å². The number of aromatic nitrogens is 3. The number of piperidine rings is 1. The van der Waals surface area contributed by atoms with E-state index < -0.39 is 0 Å². The minimum Gasteiger partial charge on any atom is -0.394 e.